The number of rotatable bonds is 7. The summed E-state index contributed by atoms with van der Waals surface area (Å²) in [5, 5.41) is 22.2. The van der Waals surface area contributed by atoms with Crippen LogP contribution in [0.2, 0.25) is 0 Å². The summed E-state index contributed by atoms with van der Waals surface area (Å²) >= 11 is 0. The van der Waals surface area contributed by atoms with Gasteiger partial charge in [-0.1, -0.05) is 12.1 Å². The predicted molar refractivity (Wildman–Crippen MR) is 92.8 cm³/mol. The van der Waals surface area contributed by atoms with Crippen molar-refractivity contribution in [2.24, 2.45) is 0 Å². The van der Waals surface area contributed by atoms with Gasteiger partial charge in [-0.05, 0) is 40.8 Å². The lowest BCUT2D eigenvalue weighted by molar-refractivity contribution is -0.387. The van der Waals surface area contributed by atoms with E-state index in [0.717, 1.165) is 12.1 Å². The molecule has 0 fully saturated rings. The molecule has 0 amide bonds. The van der Waals surface area contributed by atoms with Gasteiger partial charge in [-0.3, -0.25) is 10.1 Å². The van der Waals surface area contributed by atoms with Crippen LogP contribution in [0.1, 0.15) is 5.82 Å². The van der Waals surface area contributed by atoms with Crippen LogP contribution in [-0.4, -0.2) is 40.7 Å². The van der Waals surface area contributed by atoms with Gasteiger partial charge in [0.05, 0.1) is 24.3 Å². The van der Waals surface area contributed by atoms with Gasteiger partial charge in [0.2, 0.25) is 10.0 Å². The second kappa shape index (κ2) is 7.47. The van der Waals surface area contributed by atoms with Crippen molar-refractivity contribution in [1.29, 1.82) is 0 Å². The molecule has 140 valence electrons. The second-order valence-electron chi connectivity index (χ2n) is 5.25. The van der Waals surface area contributed by atoms with Crippen molar-refractivity contribution in [1.82, 2.24) is 24.9 Å². The lowest BCUT2D eigenvalue weighted by atomic mass is 10.3. The van der Waals surface area contributed by atoms with Gasteiger partial charge in [-0.25, -0.2) is 13.1 Å². The molecule has 0 atom stereocenters. The zero-order chi connectivity index (χ0) is 19.4. The van der Waals surface area contributed by atoms with Gasteiger partial charge in [0.15, 0.2) is 10.7 Å². The zero-order valence-electron chi connectivity index (χ0n) is 14.0. The van der Waals surface area contributed by atoms with E-state index in [0.29, 0.717) is 11.4 Å². The first-order valence-electron chi connectivity index (χ1n) is 7.57. The van der Waals surface area contributed by atoms with Crippen molar-refractivity contribution in [3.05, 3.63) is 64.5 Å². The van der Waals surface area contributed by atoms with Crippen molar-refractivity contribution in [2.45, 2.75) is 11.4 Å². The van der Waals surface area contributed by atoms with Crippen LogP contribution in [0.3, 0.4) is 0 Å². The molecule has 0 aliphatic heterocycles. The van der Waals surface area contributed by atoms with E-state index in [2.05, 4.69) is 20.2 Å². The minimum atomic E-state index is -4.14. The molecule has 0 aliphatic carbocycles. The highest BCUT2D eigenvalue weighted by Crippen LogP contribution is 2.23. The molecule has 0 spiro atoms. The highest BCUT2D eigenvalue weighted by molar-refractivity contribution is 7.89. The van der Waals surface area contributed by atoms with Gasteiger partial charge < -0.3 is 4.74 Å². The Morgan fingerprint density at radius 2 is 1.89 bits per heavy atom. The monoisotopic (exact) mass is 390 g/mol. The van der Waals surface area contributed by atoms with E-state index in [1.165, 1.54) is 23.9 Å². The maximum absolute atomic E-state index is 12.5. The standard InChI is InChI=1S/C15H14N6O5S/c1-26-12-8-6-11(7-9-12)20-15(17-18-19-20)10-16-27(24,25)14-5-3-2-4-13(14)21(22)23/h2-9,16H,10H2,1H3. The zero-order valence-corrected chi connectivity index (χ0v) is 14.8. The molecule has 27 heavy (non-hydrogen) atoms. The van der Waals surface area contributed by atoms with E-state index < -0.39 is 25.5 Å². The second-order valence-corrected chi connectivity index (χ2v) is 6.99. The Morgan fingerprint density at radius 1 is 1.19 bits per heavy atom. The summed E-state index contributed by atoms with van der Waals surface area (Å²) < 4.78 is 33.7. The van der Waals surface area contributed by atoms with Gasteiger partial charge in [-0.15, -0.1) is 5.10 Å². The molecular weight excluding hydrogens is 376 g/mol. The lowest BCUT2D eigenvalue weighted by Crippen LogP contribution is -2.25. The molecule has 3 aromatic rings. The topological polar surface area (TPSA) is 142 Å². The Kier molecular flexibility index (Phi) is 5.09. The van der Waals surface area contributed by atoms with Crippen LogP contribution in [0.15, 0.2) is 53.4 Å². The number of methoxy groups -OCH3 is 1. The fourth-order valence-corrected chi connectivity index (χ4v) is 3.46. The van der Waals surface area contributed by atoms with E-state index in [1.807, 2.05) is 0 Å². The number of hydrogen-bond donors (Lipinski definition) is 1. The number of nitrogens with one attached hydrogen (secondary N) is 1. The third-order valence-electron chi connectivity index (χ3n) is 3.62. The van der Waals surface area contributed by atoms with Gasteiger partial charge >= 0.3 is 0 Å². The van der Waals surface area contributed by atoms with E-state index in [9.17, 15) is 18.5 Å². The minimum absolute atomic E-state index is 0.210. The highest BCUT2D eigenvalue weighted by atomic mass is 32.2. The number of sulfonamides is 1. The molecule has 0 unspecified atom stereocenters. The van der Waals surface area contributed by atoms with Crippen molar-refractivity contribution in [3.8, 4) is 11.4 Å². The largest absolute Gasteiger partial charge is 0.497 e. The average Bonchev–Trinajstić information content (AvgIpc) is 3.15. The van der Waals surface area contributed by atoms with Crippen LogP contribution in [-0.2, 0) is 16.6 Å². The number of hydrogen-bond acceptors (Lipinski definition) is 8. The Balaban J connectivity index is 1.83. The Hall–Kier alpha value is -3.38. The number of nitro groups is 1. The number of tetrazole rings is 1. The van der Waals surface area contributed by atoms with Crippen LogP contribution in [0.4, 0.5) is 5.69 Å². The molecular formula is C15H14N6O5S. The van der Waals surface area contributed by atoms with Gasteiger partial charge in [0, 0.05) is 6.07 Å². The molecule has 0 radical (unpaired) electrons. The highest BCUT2D eigenvalue weighted by Gasteiger charge is 2.25. The molecule has 2 aromatic carbocycles. The fraction of sp³-hybridized carbons (Fsp3) is 0.133. The maximum atomic E-state index is 12.5. The third-order valence-corrected chi connectivity index (χ3v) is 5.07. The molecule has 11 nitrogen and oxygen atoms in total. The van der Waals surface area contributed by atoms with Crippen LogP contribution in [0.5, 0.6) is 5.75 Å². The number of aromatic nitrogens is 4. The van der Waals surface area contributed by atoms with Gasteiger partial charge in [0.1, 0.15) is 5.75 Å². The summed E-state index contributed by atoms with van der Waals surface area (Å²) in [4.78, 5) is 9.87. The summed E-state index contributed by atoms with van der Waals surface area (Å²) in [5.41, 5.74) is 0.0837. The van der Waals surface area contributed by atoms with Crippen molar-refractivity contribution >= 4 is 15.7 Å². The Labute approximate surface area is 153 Å². The maximum Gasteiger partial charge on any atom is 0.289 e. The molecule has 1 N–H and O–H groups in total. The first-order valence-corrected chi connectivity index (χ1v) is 9.05. The Bertz CT molecular complexity index is 1060. The summed E-state index contributed by atoms with van der Waals surface area (Å²) in [6.45, 7) is -0.257. The number of ether oxygens (including phenoxy) is 1. The van der Waals surface area contributed by atoms with Crippen molar-refractivity contribution in [3.63, 3.8) is 0 Å². The summed E-state index contributed by atoms with van der Waals surface area (Å²) in [6, 6.07) is 11.9. The van der Waals surface area contributed by atoms with Crippen molar-refractivity contribution < 1.29 is 18.1 Å². The molecule has 1 heterocycles. The quantitative estimate of drug-likeness (QED) is 0.466. The number of nitrogens with zero attached hydrogens (tertiary/aromatic N) is 5. The molecule has 0 bridgehead atoms. The molecule has 0 saturated heterocycles. The minimum Gasteiger partial charge on any atom is -0.497 e. The van der Waals surface area contributed by atoms with E-state index in [1.54, 1.807) is 24.3 Å². The van der Waals surface area contributed by atoms with E-state index in [4.69, 9.17) is 4.74 Å². The predicted octanol–water partition coefficient (Wildman–Crippen LogP) is 1.06. The molecule has 1 aromatic heterocycles. The molecule has 3 rings (SSSR count). The third kappa shape index (κ3) is 3.91. The van der Waals surface area contributed by atoms with Crippen LogP contribution >= 0.6 is 0 Å². The molecule has 0 saturated carbocycles. The average molecular weight is 390 g/mol. The first kappa shape index (κ1) is 18.4. The van der Waals surface area contributed by atoms with Crippen LogP contribution in [0.25, 0.3) is 5.69 Å². The SMILES string of the molecule is COc1ccc(-n2nnnc2CNS(=O)(=O)c2ccccc2[N+](=O)[O-])cc1. The number of nitro benzene ring substituents is 1. The summed E-state index contributed by atoms with van der Waals surface area (Å²) in [5.74, 6) is 0.854. The van der Waals surface area contributed by atoms with E-state index in [-0.39, 0.29) is 12.4 Å². The normalized spacial score (nSPS) is 11.3. The molecule has 12 heteroatoms. The fourth-order valence-electron chi connectivity index (χ4n) is 2.31. The van der Waals surface area contributed by atoms with Crippen LogP contribution < -0.4 is 9.46 Å². The summed E-state index contributed by atoms with van der Waals surface area (Å²) in [6.07, 6.45) is 0. The smallest absolute Gasteiger partial charge is 0.289 e. The lowest BCUT2D eigenvalue weighted by Gasteiger charge is -2.08. The van der Waals surface area contributed by atoms with Crippen molar-refractivity contribution in [2.75, 3.05) is 7.11 Å². The molecule has 0 aliphatic rings. The van der Waals surface area contributed by atoms with Gasteiger partial charge in [0.25, 0.3) is 5.69 Å². The van der Waals surface area contributed by atoms with Crippen LogP contribution in [0, 0.1) is 10.1 Å². The number of para-hydroxylation sites is 1. The van der Waals surface area contributed by atoms with Gasteiger partial charge in [-0.2, -0.15) is 4.68 Å². The Morgan fingerprint density at radius 3 is 2.56 bits per heavy atom. The summed E-state index contributed by atoms with van der Waals surface area (Å²) in [7, 11) is -2.61. The first-order chi connectivity index (χ1) is 12.9. The van der Waals surface area contributed by atoms with E-state index >= 15 is 0 Å². The number of benzene rings is 2.